The fourth-order valence-electron chi connectivity index (χ4n) is 2.42. The van der Waals surface area contributed by atoms with Crippen LogP contribution in [-0.4, -0.2) is 50.1 Å². The number of nitrogens with zero attached hydrogens (tertiary/aromatic N) is 1. The lowest BCUT2D eigenvalue weighted by Crippen LogP contribution is -2.51. The summed E-state index contributed by atoms with van der Waals surface area (Å²) in [7, 11) is -2.94. The summed E-state index contributed by atoms with van der Waals surface area (Å²) in [6, 6.07) is -12.5. The van der Waals surface area contributed by atoms with Crippen LogP contribution in [0.1, 0.15) is 101 Å². The molecule has 1 aromatic carbocycles. The van der Waals surface area contributed by atoms with E-state index in [2.05, 4.69) is 0 Å². The number of hydrogen-bond acceptors (Lipinski definition) is 6. The molecular formula is C24H38N2O4. The number of rotatable bonds is 7. The number of benzene rings is 1. The van der Waals surface area contributed by atoms with Crippen molar-refractivity contribution in [3.05, 3.63) is 23.2 Å². The lowest BCUT2D eigenvalue weighted by Gasteiger charge is -2.47. The average Bonchev–Trinajstić information content (AvgIpc) is 3.02. The normalized spacial score (nSPS) is 56.5. The third kappa shape index (κ3) is 4.75. The Morgan fingerprint density at radius 1 is 1.43 bits per heavy atom. The van der Waals surface area contributed by atoms with E-state index in [0.29, 0.717) is 7.11 Å². The third-order valence-corrected chi connectivity index (χ3v) is 3.73. The average molecular weight is 451 g/mol. The van der Waals surface area contributed by atoms with Crippen molar-refractivity contribution >= 4 is 5.97 Å². The van der Waals surface area contributed by atoms with Crippen LogP contribution in [0, 0.1) is 17.7 Å². The van der Waals surface area contributed by atoms with E-state index >= 15 is 0 Å². The molecule has 6 heteroatoms. The van der Waals surface area contributed by atoms with E-state index in [-0.39, 0.29) is 0 Å². The molecule has 30 heavy (non-hydrogen) atoms. The molecule has 0 spiro atoms. The number of fused-ring (bicyclic) bond motifs is 3. The second-order valence-corrected chi connectivity index (χ2v) is 5.63. The second-order valence-electron chi connectivity index (χ2n) is 5.63. The number of ether oxygens (including phenoxy) is 3. The molecule has 0 saturated carbocycles. The number of piperidine rings is 1. The number of hydrogen-bond donors (Lipinski definition) is 1. The van der Waals surface area contributed by atoms with Gasteiger partial charge in [0.25, 0.3) is 0 Å². The van der Waals surface area contributed by atoms with Crippen molar-refractivity contribution in [1.29, 1.82) is 0 Å². The van der Waals surface area contributed by atoms with Gasteiger partial charge in [-0.1, -0.05) is 27.4 Å². The van der Waals surface area contributed by atoms with Gasteiger partial charge in [0, 0.05) is 65.5 Å². The summed E-state index contributed by atoms with van der Waals surface area (Å²) >= 11 is 0. The standard InChI is InChI=1S/C24H38N2O4/c1-14(2)9-17-13-26-8-7-16-10-21(28-5)22(29-6)11-18(16)19(26)12-20(17)30-24(27)23(25)15(3)4/h10-11,14-15,17,19-20,23H,7-9,12-13,25H2,1-6H3/t17?,19?,20?,23-/m0/s1/i1D3,2D3,3D3,4D3,5D3,7D2,8D2,9D2,10D,11D,12D2,13D2,14D,15D,17D,19D,23D. The summed E-state index contributed by atoms with van der Waals surface area (Å²) in [5, 5.41) is 0. The molecule has 0 radical (unpaired) electrons. The highest BCUT2D eigenvalue weighted by atomic mass is 16.5. The topological polar surface area (TPSA) is 74.0 Å². The van der Waals surface area contributed by atoms with Crippen LogP contribution in [0.2, 0.25) is 0 Å². The van der Waals surface area contributed by atoms with Gasteiger partial charge >= 0.3 is 5.97 Å². The SMILES string of the molecule is [2H]c1c(OC([2H])([2H])[2H])c(OC)c([2H])c2c1C([2H])([2H])C([2H])([2H])N1C([2H])([2H])C([2H])(C([2H])([2H])C([2H])(C([2H])([2H])[2H])C([2H])([2H])[2H])C(OC(=O)[C@@]([2H])(N)C([2H])(C([2H])([2H])[2H])C([2H])([2H])[2H])C([2H])([2H])C21[2H]. The molecule has 0 aliphatic carbocycles. The molecule has 4 atom stereocenters. The Morgan fingerprint density at radius 2 is 2.23 bits per heavy atom. The Labute approximate surface area is 226 Å². The predicted molar refractivity (Wildman–Crippen MR) is 118 cm³/mol. The second kappa shape index (κ2) is 9.56. The van der Waals surface area contributed by atoms with Crippen LogP contribution in [0.25, 0.3) is 0 Å². The highest BCUT2D eigenvalue weighted by Gasteiger charge is 2.41. The molecule has 2 N–H and O–H groups in total. The van der Waals surface area contributed by atoms with Crippen molar-refractivity contribution in [1.82, 2.24) is 4.90 Å². The maximum Gasteiger partial charge on any atom is 0.323 e. The molecule has 0 aromatic heterocycles. The first-order valence-corrected chi connectivity index (χ1v) is 7.95. The molecular weight excluding hydrogens is 380 g/mol. The molecule has 3 rings (SSSR count). The molecule has 2 aliphatic rings. The number of methoxy groups -OCH3 is 2. The lowest BCUT2D eigenvalue weighted by atomic mass is 9.79. The number of carbonyl (C=O) groups excluding carboxylic acids is 1. The van der Waals surface area contributed by atoms with Crippen molar-refractivity contribution in [2.75, 3.05) is 27.1 Å². The summed E-state index contributed by atoms with van der Waals surface area (Å²) in [4.78, 5) is 13.1. The fraction of sp³-hybridized carbons (Fsp3) is 0.708. The Kier molecular flexibility index (Phi) is 1.72. The van der Waals surface area contributed by atoms with E-state index in [4.69, 9.17) is 55.6 Å². The molecule has 1 saturated heterocycles. The van der Waals surface area contributed by atoms with Gasteiger partial charge in [0.1, 0.15) is 12.1 Å². The first kappa shape index (κ1) is 5.40. The minimum Gasteiger partial charge on any atom is -0.493 e. The Balaban J connectivity index is 2.85. The van der Waals surface area contributed by atoms with Crippen molar-refractivity contribution in [2.45, 2.75) is 64.7 Å². The molecule has 1 aromatic rings. The number of esters is 1. The summed E-state index contributed by atoms with van der Waals surface area (Å²) in [6.07, 6.45) is -18.5. The van der Waals surface area contributed by atoms with Crippen LogP contribution in [0.15, 0.2) is 12.1 Å². The smallest absolute Gasteiger partial charge is 0.323 e. The van der Waals surface area contributed by atoms with Crippen molar-refractivity contribution in [3.63, 3.8) is 0 Å². The van der Waals surface area contributed by atoms with Gasteiger partial charge in [0.15, 0.2) is 11.5 Å². The maximum absolute atomic E-state index is 14.1. The first-order valence-electron chi connectivity index (χ1n) is 24.0. The monoisotopic (exact) mass is 450 g/mol. The first-order chi connectivity index (χ1) is 26.7. The maximum atomic E-state index is 14.1. The fourth-order valence-corrected chi connectivity index (χ4v) is 2.42. The highest BCUT2D eigenvalue weighted by Crippen LogP contribution is 2.44. The Bertz CT molecular complexity index is 1930. The van der Waals surface area contributed by atoms with E-state index in [1.807, 2.05) is 0 Å². The van der Waals surface area contributed by atoms with E-state index in [1.165, 1.54) is 0 Å². The van der Waals surface area contributed by atoms with Crippen LogP contribution >= 0.6 is 0 Å². The van der Waals surface area contributed by atoms with E-state index < -0.39 is 148 Å². The van der Waals surface area contributed by atoms with E-state index in [9.17, 15) is 13.0 Å². The van der Waals surface area contributed by atoms with Gasteiger partial charge in [0.05, 0.1) is 23.7 Å². The summed E-state index contributed by atoms with van der Waals surface area (Å²) in [5.41, 5.74) is 2.08. The van der Waals surface area contributed by atoms with Gasteiger partial charge < -0.3 is 19.9 Å². The Hall–Kier alpha value is -1.79. The van der Waals surface area contributed by atoms with Gasteiger partial charge in [-0.25, -0.2) is 0 Å². The summed E-state index contributed by atoms with van der Waals surface area (Å²) < 4.78 is 284. The quantitative estimate of drug-likeness (QED) is 0.640. The van der Waals surface area contributed by atoms with Gasteiger partial charge in [-0.3, -0.25) is 9.69 Å². The van der Waals surface area contributed by atoms with Crippen molar-refractivity contribution in [3.8, 4) is 11.5 Å². The minimum absolute atomic E-state index is 0.648. The van der Waals surface area contributed by atoms with Crippen LogP contribution in [0.5, 0.6) is 11.5 Å². The molecule has 0 bridgehead atoms. The lowest BCUT2D eigenvalue weighted by molar-refractivity contribution is -0.160. The van der Waals surface area contributed by atoms with Gasteiger partial charge in [0.2, 0.25) is 0 Å². The third-order valence-electron chi connectivity index (χ3n) is 3.73. The zero-order valence-corrected chi connectivity index (χ0v) is 15.2. The molecule has 2 aliphatic heterocycles. The van der Waals surface area contributed by atoms with E-state index in [1.54, 1.807) is 0 Å². The van der Waals surface area contributed by atoms with E-state index in [0.717, 1.165) is 0 Å². The zero-order valence-electron chi connectivity index (χ0n) is 47.2. The molecule has 0 amide bonds. The molecule has 6 nitrogen and oxygen atoms in total. The largest absolute Gasteiger partial charge is 0.493 e. The Morgan fingerprint density at radius 3 is 2.93 bits per heavy atom. The molecule has 168 valence electrons. The minimum atomic E-state index is -5.23. The predicted octanol–water partition coefficient (Wildman–Crippen LogP) is 3.56. The van der Waals surface area contributed by atoms with Gasteiger partial charge in [-0.15, -0.1) is 0 Å². The number of nitrogens with two attached hydrogens (primary N) is 1. The van der Waals surface area contributed by atoms with Gasteiger partial charge in [-0.05, 0) is 47.7 Å². The van der Waals surface area contributed by atoms with Crippen LogP contribution in [0.4, 0.5) is 0 Å². The summed E-state index contributed by atoms with van der Waals surface area (Å²) in [6.45, 7) is -27.6. The highest BCUT2D eigenvalue weighted by molar-refractivity contribution is 5.76. The molecule has 1 fully saturated rings. The zero-order chi connectivity index (χ0) is 49.8. The van der Waals surface area contributed by atoms with Crippen LogP contribution in [-0.2, 0) is 15.9 Å². The molecule has 3 unspecified atom stereocenters. The van der Waals surface area contributed by atoms with Crippen molar-refractivity contribution in [2.24, 2.45) is 23.4 Å². The number of carbonyl (C=O) groups is 1. The van der Waals surface area contributed by atoms with Crippen LogP contribution < -0.4 is 15.2 Å². The van der Waals surface area contributed by atoms with Crippen molar-refractivity contribution < 1.29 is 62.9 Å². The van der Waals surface area contributed by atoms with Gasteiger partial charge in [-0.2, -0.15) is 0 Å². The summed E-state index contributed by atoms with van der Waals surface area (Å²) in [5.74, 6) is -20.5. The van der Waals surface area contributed by atoms with Crippen LogP contribution in [0.3, 0.4) is 0 Å². The molecule has 2 heterocycles.